The second-order valence-corrected chi connectivity index (χ2v) is 5.14. The van der Waals surface area contributed by atoms with Gasteiger partial charge in [-0.05, 0) is 24.2 Å². The van der Waals surface area contributed by atoms with Crippen LogP contribution in [0, 0.1) is 11.6 Å². The van der Waals surface area contributed by atoms with Crippen molar-refractivity contribution >= 4 is 0 Å². The van der Waals surface area contributed by atoms with E-state index in [1.54, 1.807) is 4.90 Å². The molecule has 0 aliphatic carbocycles. The normalized spacial score (nSPS) is 12.1. The smallest absolute Gasteiger partial charge is 0.325 e. The molecule has 0 N–H and O–H groups in total. The molecular weight excluding hydrogens is 317 g/mol. The average molecular weight is 333 g/mol. The lowest BCUT2D eigenvalue weighted by Gasteiger charge is -2.21. The molecule has 0 radical (unpaired) electrons. The molecule has 2 rings (SSSR count). The van der Waals surface area contributed by atoms with E-state index >= 15 is 0 Å². The summed E-state index contributed by atoms with van der Waals surface area (Å²) in [4.78, 5) is 5.74. The summed E-state index contributed by atoms with van der Waals surface area (Å²) in [6, 6.07) is 3.56. The number of rotatable bonds is 6. The third-order valence-corrected chi connectivity index (χ3v) is 3.35. The highest BCUT2D eigenvalue weighted by molar-refractivity contribution is 5.17. The summed E-state index contributed by atoms with van der Waals surface area (Å²) < 4.78 is 64.7. The Bertz CT molecular complexity index is 651. The first-order valence-electron chi connectivity index (χ1n) is 7.01. The first kappa shape index (κ1) is 17.4. The molecule has 0 unspecified atom stereocenters. The number of benzene rings is 1. The standard InChI is InChI=1S/C15H16F5N3/c1-2-22(8-11-3-4-12(16)13(17)7-11)9-14-21-5-6-23(14)10-15(18,19)20/h3-7H,2,8-10H2,1H3. The van der Waals surface area contributed by atoms with Crippen molar-refractivity contribution in [3.63, 3.8) is 0 Å². The highest BCUT2D eigenvalue weighted by Crippen LogP contribution is 2.19. The van der Waals surface area contributed by atoms with Gasteiger partial charge in [0.25, 0.3) is 0 Å². The van der Waals surface area contributed by atoms with Crippen molar-refractivity contribution < 1.29 is 22.0 Å². The SMILES string of the molecule is CCN(Cc1ccc(F)c(F)c1)Cc1nccn1CC(F)(F)F. The Labute approximate surface area is 130 Å². The third-order valence-electron chi connectivity index (χ3n) is 3.35. The van der Waals surface area contributed by atoms with Crippen LogP contribution in [0.2, 0.25) is 0 Å². The van der Waals surface area contributed by atoms with Gasteiger partial charge in [0.1, 0.15) is 12.4 Å². The maximum atomic E-state index is 13.2. The minimum Gasteiger partial charge on any atom is -0.325 e. The van der Waals surface area contributed by atoms with Gasteiger partial charge in [0.05, 0.1) is 6.54 Å². The summed E-state index contributed by atoms with van der Waals surface area (Å²) in [6.45, 7) is 1.71. The van der Waals surface area contributed by atoms with Crippen LogP contribution >= 0.6 is 0 Å². The molecule has 126 valence electrons. The Morgan fingerprint density at radius 1 is 1.13 bits per heavy atom. The molecule has 0 aliphatic rings. The van der Waals surface area contributed by atoms with Crippen LogP contribution in [0.1, 0.15) is 18.3 Å². The van der Waals surface area contributed by atoms with E-state index in [4.69, 9.17) is 0 Å². The predicted octanol–water partition coefficient (Wildman–Crippen LogP) is 3.75. The van der Waals surface area contributed by atoms with Crippen LogP contribution in [0.4, 0.5) is 22.0 Å². The van der Waals surface area contributed by atoms with E-state index < -0.39 is 24.4 Å². The number of halogens is 5. The van der Waals surface area contributed by atoms with Crippen molar-refractivity contribution in [1.29, 1.82) is 0 Å². The van der Waals surface area contributed by atoms with Gasteiger partial charge < -0.3 is 4.57 Å². The van der Waals surface area contributed by atoms with E-state index in [9.17, 15) is 22.0 Å². The molecule has 1 aromatic heterocycles. The number of hydrogen-bond acceptors (Lipinski definition) is 2. The Morgan fingerprint density at radius 3 is 2.48 bits per heavy atom. The van der Waals surface area contributed by atoms with Gasteiger partial charge in [0, 0.05) is 18.9 Å². The summed E-state index contributed by atoms with van der Waals surface area (Å²) in [5, 5.41) is 0. The first-order valence-corrected chi connectivity index (χ1v) is 7.01. The van der Waals surface area contributed by atoms with Gasteiger partial charge in [0.15, 0.2) is 11.6 Å². The molecule has 23 heavy (non-hydrogen) atoms. The lowest BCUT2D eigenvalue weighted by molar-refractivity contribution is -0.141. The zero-order valence-corrected chi connectivity index (χ0v) is 12.4. The minimum atomic E-state index is -4.33. The van der Waals surface area contributed by atoms with Crippen molar-refractivity contribution in [1.82, 2.24) is 14.5 Å². The van der Waals surface area contributed by atoms with Crippen molar-refractivity contribution in [2.45, 2.75) is 32.7 Å². The summed E-state index contributed by atoms with van der Waals surface area (Å²) in [6.07, 6.45) is -1.74. The molecular formula is C15H16F5N3. The minimum absolute atomic E-state index is 0.179. The maximum absolute atomic E-state index is 13.2. The van der Waals surface area contributed by atoms with Gasteiger partial charge in [-0.1, -0.05) is 13.0 Å². The fraction of sp³-hybridized carbons (Fsp3) is 0.400. The van der Waals surface area contributed by atoms with Crippen LogP contribution in [-0.2, 0) is 19.6 Å². The second kappa shape index (κ2) is 7.08. The molecule has 8 heteroatoms. The highest BCUT2D eigenvalue weighted by atomic mass is 19.4. The molecule has 0 fully saturated rings. The van der Waals surface area contributed by atoms with E-state index in [0.717, 1.165) is 16.7 Å². The number of hydrogen-bond donors (Lipinski definition) is 0. The van der Waals surface area contributed by atoms with E-state index in [0.29, 0.717) is 12.1 Å². The predicted molar refractivity (Wildman–Crippen MR) is 74.4 cm³/mol. The van der Waals surface area contributed by atoms with Crippen LogP contribution in [-0.4, -0.2) is 27.2 Å². The number of alkyl halides is 3. The Kier molecular flexibility index (Phi) is 5.35. The Morgan fingerprint density at radius 2 is 1.87 bits per heavy atom. The topological polar surface area (TPSA) is 21.1 Å². The zero-order valence-electron chi connectivity index (χ0n) is 12.4. The highest BCUT2D eigenvalue weighted by Gasteiger charge is 2.29. The van der Waals surface area contributed by atoms with E-state index in [2.05, 4.69) is 4.98 Å². The largest absolute Gasteiger partial charge is 0.406 e. The first-order chi connectivity index (χ1) is 10.8. The quantitative estimate of drug-likeness (QED) is 0.751. The van der Waals surface area contributed by atoms with Gasteiger partial charge in [-0.3, -0.25) is 4.90 Å². The van der Waals surface area contributed by atoms with Crippen molar-refractivity contribution in [3.8, 4) is 0 Å². The molecule has 0 amide bonds. The lowest BCUT2D eigenvalue weighted by atomic mass is 10.2. The molecule has 0 saturated carbocycles. The molecule has 0 bridgehead atoms. The van der Waals surface area contributed by atoms with Crippen molar-refractivity contribution in [2.24, 2.45) is 0 Å². The molecule has 0 atom stereocenters. The average Bonchev–Trinajstić information content (AvgIpc) is 2.87. The Hall–Kier alpha value is -1.96. The fourth-order valence-corrected chi connectivity index (χ4v) is 2.20. The van der Waals surface area contributed by atoms with Crippen molar-refractivity contribution in [2.75, 3.05) is 6.54 Å². The number of imidazole rings is 1. The van der Waals surface area contributed by atoms with Gasteiger partial charge in [0.2, 0.25) is 0 Å². The lowest BCUT2D eigenvalue weighted by Crippen LogP contribution is -2.26. The van der Waals surface area contributed by atoms with Gasteiger partial charge >= 0.3 is 6.18 Å². The van der Waals surface area contributed by atoms with E-state index in [1.165, 1.54) is 18.5 Å². The number of nitrogens with zero attached hydrogens (tertiary/aromatic N) is 3. The maximum Gasteiger partial charge on any atom is 0.406 e. The molecule has 1 heterocycles. The second-order valence-electron chi connectivity index (χ2n) is 5.14. The summed E-state index contributed by atoms with van der Waals surface area (Å²) in [5.41, 5.74) is 0.541. The Balaban J connectivity index is 2.08. The van der Waals surface area contributed by atoms with E-state index in [-0.39, 0.29) is 18.9 Å². The summed E-state index contributed by atoms with van der Waals surface area (Å²) in [5.74, 6) is -1.61. The van der Waals surface area contributed by atoms with Crippen LogP contribution in [0.15, 0.2) is 30.6 Å². The molecule has 0 aliphatic heterocycles. The van der Waals surface area contributed by atoms with Crippen LogP contribution in [0.5, 0.6) is 0 Å². The fourth-order valence-electron chi connectivity index (χ4n) is 2.20. The summed E-state index contributed by atoms with van der Waals surface area (Å²) >= 11 is 0. The molecule has 0 spiro atoms. The van der Waals surface area contributed by atoms with Crippen LogP contribution < -0.4 is 0 Å². The van der Waals surface area contributed by atoms with Crippen LogP contribution in [0.25, 0.3) is 0 Å². The third kappa shape index (κ3) is 5.02. The van der Waals surface area contributed by atoms with E-state index in [1.807, 2.05) is 6.92 Å². The van der Waals surface area contributed by atoms with Crippen LogP contribution in [0.3, 0.4) is 0 Å². The zero-order chi connectivity index (χ0) is 17.0. The monoisotopic (exact) mass is 333 g/mol. The van der Waals surface area contributed by atoms with Gasteiger partial charge in [-0.2, -0.15) is 13.2 Å². The summed E-state index contributed by atoms with van der Waals surface area (Å²) in [7, 11) is 0. The molecule has 3 nitrogen and oxygen atoms in total. The molecule has 0 saturated heterocycles. The molecule has 2 aromatic rings. The molecule has 1 aromatic carbocycles. The van der Waals surface area contributed by atoms with Gasteiger partial charge in [-0.25, -0.2) is 13.8 Å². The number of aromatic nitrogens is 2. The van der Waals surface area contributed by atoms with Gasteiger partial charge in [-0.15, -0.1) is 0 Å². The van der Waals surface area contributed by atoms with Crippen molar-refractivity contribution in [3.05, 3.63) is 53.6 Å².